The Morgan fingerprint density at radius 3 is 2.65 bits per heavy atom. The Bertz CT molecular complexity index is 613. The summed E-state index contributed by atoms with van der Waals surface area (Å²) in [4.78, 5) is 2.09. The Labute approximate surface area is 127 Å². The van der Waals surface area contributed by atoms with Gasteiger partial charge in [-0.2, -0.15) is 10.4 Å². The molecule has 0 saturated heterocycles. The Balaban J connectivity index is 2.50. The maximum atomic E-state index is 8.77. The van der Waals surface area contributed by atoms with Crippen molar-refractivity contribution in [2.75, 3.05) is 18.5 Å². The molecule has 5 heteroatoms. The number of aryl methyl sites for hydroxylation is 1. The first-order chi connectivity index (χ1) is 9.69. The quantitative estimate of drug-likeness (QED) is 0.788. The van der Waals surface area contributed by atoms with E-state index in [1.54, 1.807) is 0 Å². The SMILES string of the molecule is Cc1nn(-c2ccccc2)c(N(C)CCC#N)c1CBr. The highest BCUT2D eigenvalue weighted by Gasteiger charge is 2.18. The van der Waals surface area contributed by atoms with Crippen molar-refractivity contribution in [1.82, 2.24) is 9.78 Å². The first-order valence-electron chi connectivity index (χ1n) is 6.47. The summed E-state index contributed by atoms with van der Waals surface area (Å²) >= 11 is 3.54. The van der Waals surface area contributed by atoms with Gasteiger partial charge in [0.05, 0.1) is 23.9 Å². The van der Waals surface area contributed by atoms with Gasteiger partial charge < -0.3 is 4.90 Å². The van der Waals surface area contributed by atoms with E-state index in [4.69, 9.17) is 5.26 Å². The van der Waals surface area contributed by atoms with E-state index in [2.05, 4.69) is 32.0 Å². The molecule has 0 radical (unpaired) electrons. The monoisotopic (exact) mass is 332 g/mol. The van der Waals surface area contributed by atoms with Crippen LogP contribution < -0.4 is 4.90 Å². The summed E-state index contributed by atoms with van der Waals surface area (Å²) in [7, 11) is 2.00. The molecule has 0 N–H and O–H groups in total. The molecule has 0 fully saturated rings. The fourth-order valence-electron chi connectivity index (χ4n) is 2.17. The van der Waals surface area contributed by atoms with Gasteiger partial charge in [0, 0.05) is 24.5 Å². The van der Waals surface area contributed by atoms with Gasteiger partial charge >= 0.3 is 0 Å². The lowest BCUT2D eigenvalue weighted by Gasteiger charge is -2.20. The summed E-state index contributed by atoms with van der Waals surface area (Å²) < 4.78 is 1.95. The van der Waals surface area contributed by atoms with Crippen molar-refractivity contribution in [3.8, 4) is 11.8 Å². The zero-order valence-corrected chi connectivity index (χ0v) is 13.3. The normalized spacial score (nSPS) is 10.3. The van der Waals surface area contributed by atoms with Crippen LogP contribution in [0.2, 0.25) is 0 Å². The molecule has 0 saturated carbocycles. The molecule has 1 heterocycles. The first-order valence-corrected chi connectivity index (χ1v) is 7.59. The number of halogens is 1. The second kappa shape index (κ2) is 6.58. The molecule has 0 aliphatic carbocycles. The maximum Gasteiger partial charge on any atom is 0.136 e. The Morgan fingerprint density at radius 2 is 2.05 bits per heavy atom. The second-order valence-electron chi connectivity index (χ2n) is 4.60. The lowest BCUT2D eigenvalue weighted by atomic mass is 10.2. The van der Waals surface area contributed by atoms with Gasteiger partial charge in [0.1, 0.15) is 5.82 Å². The topological polar surface area (TPSA) is 44.9 Å². The summed E-state index contributed by atoms with van der Waals surface area (Å²) in [6.07, 6.45) is 0.497. The lowest BCUT2D eigenvalue weighted by Crippen LogP contribution is -2.22. The Kier molecular flexibility index (Phi) is 4.80. The fraction of sp³-hybridized carbons (Fsp3) is 0.333. The number of hydrogen-bond donors (Lipinski definition) is 0. The van der Waals surface area contributed by atoms with E-state index in [1.807, 2.05) is 49.0 Å². The minimum Gasteiger partial charge on any atom is -0.358 e. The number of rotatable bonds is 5. The summed E-state index contributed by atoms with van der Waals surface area (Å²) in [5, 5.41) is 14.2. The van der Waals surface area contributed by atoms with Crippen LogP contribution in [0.3, 0.4) is 0 Å². The van der Waals surface area contributed by atoms with Crippen molar-refractivity contribution in [1.29, 1.82) is 5.26 Å². The van der Waals surface area contributed by atoms with E-state index in [1.165, 1.54) is 0 Å². The molecule has 0 unspecified atom stereocenters. The van der Waals surface area contributed by atoms with Gasteiger partial charge in [0.15, 0.2) is 0 Å². The number of anilines is 1. The largest absolute Gasteiger partial charge is 0.358 e. The molecule has 0 atom stereocenters. The van der Waals surface area contributed by atoms with Crippen LogP contribution in [0, 0.1) is 18.3 Å². The summed E-state index contributed by atoms with van der Waals surface area (Å²) in [6.45, 7) is 2.70. The maximum absolute atomic E-state index is 8.77. The average molecular weight is 333 g/mol. The van der Waals surface area contributed by atoms with E-state index in [9.17, 15) is 0 Å². The third-order valence-electron chi connectivity index (χ3n) is 3.21. The third-order valence-corrected chi connectivity index (χ3v) is 3.77. The van der Waals surface area contributed by atoms with Crippen LogP contribution in [-0.4, -0.2) is 23.4 Å². The minimum absolute atomic E-state index is 0.497. The smallest absolute Gasteiger partial charge is 0.136 e. The van der Waals surface area contributed by atoms with Crippen LogP contribution in [0.4, 0.5) is 5.82 Å². The van der Waals surface area contributed by atoms with Crippen molar-refractivity contribution in [3.63, 3.8) is 0 Å². The van der Waals surface area contributed by atoms with Crippen LogP contribution in [0.15, 0.2) is 30.3 Å². The zero-order chi connectivity index (χ0) is 14.5. The number of aromatic nitrogens is 2. The summed E-state index contributed by atoms with van der Waals surface area (Å²) in [5.41, 5.74) is 3.19. The number of para-hydroxylation sites is 1. The molecule has 0 spiro atoms. The second-order valence-corrected chi connectivity index (χ2v) is 5.16. The fourth-order valence-corrected chi connectivity index (χ4v) is 2.83. The van der Waals surface area contributed by atoms with Gasteiger partial charge in [-0.05, 0) is 19.1 Å². The average Bonchev–Trinajstić information content (AvgIpc) is 2.82. The summed E-state index contributed by atoms with van der Waals surface area (Å²) in [5.74, 6) is 1.04. The lowest BCUT2D eigenvalue weighted by molar-refractivity contribution is 0.802. The van der Waals surface area contributed by atoms with Gasteiger partial charge in [0.25, 0.3) is 0 Å². The summed E-state index contributed by atoms with van der Waals surface area (Å²) in [6, 6.07) is 12.2. The van der Waals surface area contributed by atoms with Gasteiger partial charge in [0.2, 0.25) is 0 Å². The van der Waals surface area contributed by atoms with Crippen LogP contribution in [0.25, 0.3) is 5.69 Å². The van der Waals surface area contributed by atoms with Gasteiger partial charge in [-0.25, -0.2) is 4.68 Å². The van der Waals surface area contributed by atoms with Crippen molar-refractivity contribution in [3.05, 3.63) is 41.6 Å². The predicted molar refractivity (Wildman–Crippen MR) is 84.4 cm³/mol. The van der Waals surface area contributed by atoms with E-state index in [0.29, 0.717) is 13.0 Å². The van der Waals surface area contributed by atoms with Crippen LogP contribution >= 0.6 is 15.9 Å². The van der Waals surface area contributed by atoms with Gasteiger partial charge in [-0.15, -0.1) is 0 Å². The molecule has 0 aliphatic heterocycles. The molecule has 4 nitrogen and oxygen atoms in total. The predicted octanol–water partition coefficient (Wildman–Crippen LogP) is 3.43. The highest BCUT2D eigenvalue weighted by atomic mass is 79.9. The number of nitriles is 1. The van der Waals surface area contributed by atoms with Crippen molar-refractivity contribution < 1.29 is 0 Å². The van der Waals surface area contributed by atoms with Crippen molar-refractivity contribution in [2.24, 2.45) is 0 Å². The van der Waals surface area contributed by atoms with E-state index in [0.717, 1.165) is 28.1 Å². The molecule has 0 bridgehead atoms. The van der Waals surface area contributed by atoms with Crippen LogP contribution in [-0.2, 0) is 5.33 Å². The van der Waals surface area contributed by atoms with Crippen LogP contribution in [0.5, 0.6) is 0 Å². The van der Waals surface area contributed by atoms with E-state index >= 15 is 0 Å². The molecular formula is C15H17BrN4. The zero-order valence-electron chi connectivity index (χ0n) is 11.7. The molecule has 2 rings (SSSR count). The molecule has 0 amide bonds. The molecule has 20 heavy (non-hydrogen) atoms. The van der Waals surface area contributed by atoms with Crippen LogP contribution in [0.1, 0.15) is 17.7 Å². The number of benzene rings is 1. The van der Waals surface area contributed by atoms with Gasteiger partial charge in [-0.1, -0.05) is 34.1 Å². The van der Waals surface area contributed by atoms with Gasteiger partial charge in [-0.3, -0.25) is 0 Å². The highest BCUT2D eigenvalue weighted by molar-refractivity contribution is 9.08. The Morgan fingerprint density at radius 1 is 1.35 bits per heavy atom. The molecule has 1 aromatic carbocycles. The molecular weight excluding hydrogens is 316 g/mol. The van der Waals surface area contributed by atoms with Crippen molar-refractivity contribution in [2.45, 2.75) is 18.7 Å². The Hall–Kier alpha value is -1.80. The minimum atomic E-state index is 0.497. The molecule has 0 aliphatic rings. The van der Waals surface area contributed by atoms with E-state index in [-0.39, 0.29) is 0 Å². The van der Waals surface area contributed by atoms with E-state index < -0.39 is 0 Å². The number of hydrogen-bond acceptors (Lipinski definition) is 3. The third kappa shape index (κ3) is 2.86. The first kappa shape index (κ1) is 14.6. The molecule has 104 valence electrons. The highest BCUT2D eigenvalue weighted by Crippen LogP contribution is 2.28. The van der Waals surface area contributed by atoms with Crippen molar-refractivity contribution >= 4 is 21.7 Å². The number of alkyl halides is 1. The number of nitrogens with zero attached hydrogens (tertiary/aromatic N) is 4. The molecule has 1 aromatic heterocycles. The standard InChI is InChI=1S/C15H17BrN4/c1-12-14(11-16)15(19(2)10-6-9-17)20(18-12)13-7-4-3-5-8-13/h3-5,7-8H,6,10-11H2,1-2H3. The molecule has 2 aromatic rings.